The van der Waals surface area contributed by atoms with Gasteiger partial charge in [-0.2, -0.15) is 0 Å². The van der Waals surface area contributed by atoms with Crippen molar-refractivity contribution in [3.05, 3.63) is 0 Å². The Kier molecular flexibility index (Phi) is 9.08. The lowest BCUT2D eigenvalue weighted by Crippen LogP contribution is -2.42. The maximum absolute atomic E-state index is 11.8. The molecule has 2 rings (SSSR count). The van der Waals surface area contributed by atoms with Crippen LogP contribution in [0.3, 0.4) is 0 Å². The molecular weight excluding hydrogens is 316 g/mol. The van der Waals surface area contributed by atoms with Crippen molar-refractivity contribution in [3.63, 3.8) is 0 Å². The van der Waals surface area contributed by atoms with Crippen LogP contribution >= 0.6 is 0 Å². The van der Waals surface area contributed by atoms with E-state index in [1.54, 1.807) is 19.0 Å². The molecule has 1 atom stereocenters. The molecule has 6 heteroatoms. The smallest absolute Gasteiger partial charge is 0.243 e. The van der Waals surface area contributed by atoms with Crippen LogP contribution in [0.5, 0.6) is 0 Å². The zero-order valence-corrected chi connectivity index (χ0v) is 16.1. The van der Waals surface area contributed by atoms with Crippen LogP contribution in [0.15, 0.2) is 4.99 Å². The van der Waals surface area contributed by atoms with Gasteiger partial charge in [0.15, 0.2) is 5.96 Å². The van der Waals surface area contributed by atoms with Crippen LogP contribution in [0.1, 0.15) is 57.8 Å². The molecule has 25 heavy (non-hydrogen) atoms. The lowest BCUT2D eigenvalue weighted by atomic mass is 9.86. The van der Waals surface area contributed by atoms with Gasteiger partial charge in [-0.15, -0.1) is 0 Å². The van der Waals surface area contributed by atoms with E-state index in [1.165, 1.54) is 38.5 Å². The van der Waals surface area contributed by atoms with Gasteiger partial charge >= 0.3 is 0 Å². The highest BCUT2D eigenvalue weighted by atomic mass is 16.5. The van der Waals surface area contributed by atoms with E-state index in [4.69, 9.17) is 4.74 Å². The molecule has 1 saturated carbocycles. The quantitative estimate of drug-likeness (QED) is 0.399. The fraction of sp³-hybridized carbons (Fsp3) is 0.895. The van der Waals surface area contributed by atoms with Crippen molar-refractivity contribution in [2.75, 3.05) is 40.3 Å². The zero-order valence-electron chi connectivity index (χ0n) is 16.1. The number of nitrogens with one attached hydrogen (secondary N) is 2. The molecule has 1 aliphatic heterocycles. The van der Waals surface area contributed by atoms with Crippen molar-refractivity contribution in [3.8, 4) is 0 Å². The Morgan fingerprint density at radius 1 is 1.12 bits per heavy atom. The molecule has 144 valence electrons. The Morgan fingerprint density at radius 2 is 1.92 bits per heavy atom. The van der Waals surface area contributed by atoms with E-state index in [0.29, 0.717) is 0 Å². The second-order valence-electron chi connectivity index (χ2n) is 7.54. The number of likely N-dealkylation sites (N-methyl/N-ethyl adjacent to an activating group) is 1. The van der Waals surface area contributed by atoms with E-state index >= 15 is 0 Å². The van der Waals surface area contributed by atoms with Gasteiger partial charge in [-0.1, -0.05) is 32.1 Å². The summed E-state index contributed by atoms with van der Waals surface area (Å²) in [5, 5.41) is 6.73. The minimum Gasteiger partial charge on any atom is -0.376 e. The molecule has 2 N–H and O–H groups in total. The van der Waals surface area contributed by atoms with Crippen LogP contribution in [0.2, 0.25) is 0 Å². The summed E-state index contributed by atoms with van der Waals surface area (Å²) in [6, 6.07) is 0. The fourth-order valence-electron chi connectivity index (χ4n) is 3.55. The number of hydrogen-bond acceptors (Lipinski definition) is 3. The summed E-state index contributed by atoms with van der Waals surface area (Å²) in [7, 11) is 3.52. The molecule has 2 aliphatic rings. The van der Waals surface area contributed by atoms with E-state index in [2.05, 4.69) is 15.6 Å². The lowest BCUT2D eigenvalue weighted by molar-refractivity contribution is -0.127. The van der Waals surface area contributed by atoms with Gasteiger partial charge in [0.2, 0.25) is 5.91 Å². The molecule has 0 bridgehead atoms. The Hall–Kier alpha value is -1.30. The normalized spacial score (nSPS) is 22.0. The predicted molar refractivity (Wildman–Crippen MR) is 102 cm³/mol. The number of rotatable bonds is 8. The Balaban J connectivity index is 1.71. The third kappa shape index (κ3) is 8.08. The van der Waals surface area contributed by atoms with Gasteiger partial charge in [0, 0.05) is 33.8 Å². The molecule has 0 aromatic heterocycles. The minimum absolute atomic E-state index is 0.0143. The molecule has 0 aromatic rings. The largest absolute Gasteiger partial charge is 0.376 e. The minimum atomic E-state index is 0.0143. The molecular formula is C19H36N4O2. The third-order valence-corrected chi connectivity index (χ3v) is 5.20. The van der Waals surface area contributed by atoms with Crippen molar-refractivity contribution in [1.82, 2.24) is 15.5 Å². The van der Waals surface area contributed by atoms with E-state index in [-0.39, 0.29) is 18.6 Å². The van der Waals surface area contributed by atoms with Crippen molar-refractivity contribution in [2.45, 2.75) is 63.9 Å². The van der Waals surface area contributed by atoms with Gasteiger partial charge in [0.05, 0.1) is 6.10 Å². The van der Waals surface area contributed by atoms with Gasteiger partial charge in [-0.05, 0) is 31.6 Å². The number of ether oxygens (including phenoxy) is 1. The summed E-state index contributed by atoms with van der Waals surface area (Å²) in [6.45, 7) is 2.69. The molecule has 1 amide bonds. The van der Waals surface area contributed by atoms with Gasteiger partial charge in [0.25, 0.3) is 0 Å². The van der Waals surface area contributed by atoms with Crippen LogP contribution in [-0.2, 0) is 9.53 Å². The first-order valence-corrected chi connectivity index (χ1v) is 9.99. The third-order valence-electron chi connectivity index (χ3n) is 5.20. The maximum Gasteiger partial charge on any atom is 0.243 e. The van der Waals surface area contributed by atoms with Crippen molar-refractivity contribution < 1.29 is 9.53 Å². The number of carbonyl (C=O) groups excluding carboxylic acids is 1. The highest BCUT2D eigenvalue weighted by molar-refractivity contribution is 5.84. The van der Waals surface area contributed by atoms with Crippen molar-refractivity contribution >= 4 is 11.9 Å². The first kappa shape index (κ1) is 20.0. The van der Waals surface area contributed by atoms with E-state index in [9.17, 15) is 4.79 Å². The van der Waals surface area contributed by atoms with Gasteiger partial charge in [-0.3, -0.25) is 4.79 Å². The second kappa shape index (κ2) is 11.3. The average molecular weight is 353 g/mol. The van der Waals surface area contributed by atoms with E-state index < -0.39 is 0 Å². The summed E-state index contributed by atoms with van der Waals surface area (Å²) in [6.07, 6.45) is 12.0. The van der Waals surface area contributed by atoms with Crippen molar-refractivity contribution in [2.24, 2.45) is 10.9 Å². The van der Waals surface area contributed by atoms with Crippen LogP contribution in [0.25, 0.3) is 0 Å². The standard InChI is InChI=1S/C19H36N4O2/c1-23(2)18(24)15-22-19(21-14-17-11-7-13-25-17)20-12-6-10-16-8-4-3-5-9-16/h16-17H,3-15H2,1-2H3,(H2,20,21,22). The molecule has 0 aromatic carbocycles. The highest BCUT2D eigenvalue weighted by Crippen LogP contribution is 2.26. The summed E-state index contributed by atoms with van der Waals surface area (Å²) >= 11 is 0. The molecule has 2 fully saturated rings. The second-order valence-corrected chi connectivity index (χ2v) is 7.54. The van der Waals surface area contributed by atoms with Crippen molar-refractivity contribution in [1.29, 1.82) is 0 Å². The lowest BCUT2D eigenvalue weighted by Gasteiger charge is -2.21. The van der Waals surface area contributed by atoms with Crippen LogP contribution < -0.4 is 10.6 Å². The molecule has 6 nitrogen and oxygen atoms in total. The highest BCUT2D eigenvalue weighted by Gasteiger charge is 2.16. The van der Waals surface area contributed by atoms with E-state index in [1.807, 2.05) is 0 Å². The van der Waals surface area contributed by atoms with E-state index in [0.717, 1.165) is 50.8 Å². The van der Waals surface area contributed by atoms with Gasteiger partial charge in [-0.25, -0.2) is 4.99 Å². The number of guanidine groups is 1. The first-order chi connectivity index (χ1) is 12.1. The number of carbonyl (C=O) groups is 1. The number of hydrogen-bond donors (Lipinski definition) is 2. The fourth-order valence-corrected chi connectivity index (χ4v) is 3.55. The van der Waals surface area contributed by atoms with Gasteiger partial charge < -0.3 is 20.3 Å². The molecule has 0 spiro atoms. The summed E-state index contributed by atoms with van der Waals surface area (Å²) in [5.41, 5.74) is 0. The van der Waals surface area contributed by atoms with Gasteiger partial charge in [0.1, 0.15) is 6.54 Å². The SMILES string of the molecule is CN(C)C(=O)CN=C(NCCCC1CCCCC1)NCC1CCCO1. The number of nitrogens with zero attached hydrogens (tertiary/aromatic N) is 2. The average Bonchev–Trinajstić information content (AvgIpc) is 3.14. The Labute approximate surface area is 152 Å². The Bertz CT molecular complexity index is 414. The molecule has 0 radical (unpaired) electrons. The predicted octanol–water partition coefficient (Wildman–Crippen LogP) is 2.15. The van der Waals surface area contributed by atoms with Crippen LogP contribution in [0, 0.1) is 5.92 Å². The first-order valence-electron chi connectivity index (χ1n) is 9.99. The monoisotopic (exact) mass is 352 g/mol. The molecule has 1 heterocycles. The number of amides is 1. The maximum atomic E-state index is 11.8. The van der Waals surface area contributed by atoms with Crippen LogP contribution in [-0.4, -0.2) is 63.2 Å². The zero-order chi connectivity index (χ0) is 17.9. The summed E-state index contributed by atoms with van der Waals surface area (Å²) in [5.74, 6) is 1.65. The topological polar surface area (TPSA) is 66.0 Å². The number of aliphatic imine (C=N–C) groups is 1. The molecule has 1 aliphatic carbocycles. The molecule has 1 saturated heterocycles. The molecule has 1 unspecified atom stereocenters. The summed E-state index contributed by atoms with van der Waals surface area (Å²) in [4.78, 5) is 17.8. The Morgan fingerprint density at radius 3 is 2.60 bits per heavy atom. The summed E-state index contributed by atoms with van der Waals surface area (Å²) < 4.78 is 5.65. The van der Waals surface area contributed by atoms with Crippen LogP contribution in [0.4, 0.5) is 0 Å².